The molecule has 1 aliphatic heterocycles. The van der Waals surface area contributed by atoms with Crippen LogP contribution >= 0.6 is 0 Å². The van der Waals surface area contributed by atoms with Crippen molar-refractivity contribution in [2.45, 2.75) is 19.8 Å². The van der Waals surface area contributed by atoms with Gasteiger partial charge in [0.2, 0.25) is 11.9 Å². The number of guanidine groups is 1. The molecule has 1 fully saturated rings. The highest BCUT2D eigenvalue weighted by Gasteiger charge is 2.24. The lowest BCUT2D eigenvalue weighted by atomic mass is 10.3. The highest BCUT2D eigenvalue weighted by atomic mass is 16.2. The number of nitrogens with zero attached hydrogens (tertiary/aromatic N) is 2. The van der Waals surface area contributed by atoms with Crippen molar-refractivity contribution < 1.29 is 4.79 Å². The number of rotatable bonds is 2. The fraction of sp³-hybridized carbons (Fsp3) is 0.625. The van der Waals surface area contributed by atoms with Crippen molar-refractivity contribution >= 4 is 17.6 Å². The molecule has 0 saturated heterocycles. The normalized spacial score (nSPS) is 22.7. The summed E-state index contributed by atoms with van der Waals surface area (Å²) in [6.45, 7) is 2.20. The van der Waals surface area contributed by atoms with E-state index in [0.29, 0.717) is 11.9 Å². The summed E-state index contributed by atoms with van der Waals surface area (Å²) in [6, 6.07) is 0. The average Bonchev–Trinajstić information content (AvgIpc) is 2.87. The Balaban J connectivity index is 1.84. The zero-order valence-electron chi connectivity index (χ0n) is 7.50. The van der Waals surface area contributed by atoms with E-state index in [2.05, 4.69) is 20.8 Å². The maximum Gasteiger partial charge on any atom is 0.248 e. The summed E-state index contributed by atoms with van der Waals surface area (Å²) in [4.78, 5) is 14.6. The van der Waals surface area contributed by atoms with E-state index in [4.69, 9.17) is 0 Å². The molecular formula is C8H12N4O. The van der Waals surface area contributed by atoms with Crippen molar-refractivity contribution in [2.24, 2.45) is 16.0 Å². The molecule has 5 nitrogen and oxygen atoms in total. The first kappa shape index (κ1) is 8.22. The van der Waals surface area contributed by atoms with Gasteiger partial charge in [0.05, 0.1) is 0 Å². The van der Waals surface area contributed by atoms with E-state index in [1.165, 1.54) is 12.8 Å². The molecule has 0 aromatic rings. The lowest BCUT2D eigenvalue weighted by Crippen LogP contribution is -2.33. The summed E-state index contributed by atoms with van der Waals surface area (Å²) in [5, 5.41) is 6.69. The van der Waals surface area contributed by atoms with Crippen LogP contribution in [-0.4, -0.2) is 24.1 Å². The fourth-order valence-corrected chi connectivity index (χ4v) is 1.16. The minimum absolute atomic E-state index is 0.0817. The van der Waals surface area contributed by atoms with E-state index in [0.717, 1.165) is 5.71 Å². The molecule has 2 rings (SSSR count). The molecule has 0 radical (unpaired) electrons. The Hall–Kier alpha value is -1.39. The minimum atomic E-state index is -0.0817. The van der Waals surface area contributed by atoms with Crippen molar-refractivity contribution in [3.8, 4) is 0 Å². The highest BCUT2D eigenvalue weighted by molar-refractivity contribution is 6.03. The summed E-state index contributed by atoms with van der Waals surface area (Å²) in [5.74, 6) is 1.02. The zero-order chi connectivity index (χ0) is 9.26. The van der Waals surface area contributed by atoms with Crippen molar-refractivity contribution in [3.05, 3.63) is 0 Å². The molecule has 0 atom stereocenters. The Kier molecular flexibility index (Phi) is 2.00. The van der Waals surface area contributed by atoms with E-state index in [1.807, 2.05) is 6.92 Å². The minimum Gasteiger partial charge on any atom is -0.294 e. The van der Waals surface area contributed by atoms with Crippen LogP contribution in [0.1, 0.15) is 19.8 Å². The molecule has 2 N–H and O–H groups in total. The molecule has 1 heterocycles. The Labute approximate surface area is 76.3 Å². The van der Waals surface area contributed by atoms with Gasteiger partial charge in [-0.2, -0.15) is 5.10 Å². The van der Waals surface area contributed by atoms with Crippen LogP contribution in [0.5, 0.6) is 0 Å². The molecule has 0 spiro atoms. The molecule has 13 heavy (non-hydrogen) atoms. The van der Waals surface area contributed by atoms with Gasteiger partial charge in [0.15, 0.2) is 0 Å². The van der Waals surface area contributed by atoms with Crippen LogP contribution < -0.4 is 10.7 Å². The van der Waals surface area contributed by atoms with Gasteiger partial charge in [-0.25, -0.2) is 10.4 Å². The van der Waals surface area contributed by atoms with Crippen molar-refractivity contribution in [1.82, 2.24) is 10.7 Å². The van der Waals surface area contributed by atoms with Gasteiger partial charge >= 0.3 is 0 Å². The van der Waals surface area contributed by atoms with E-state index >= 15 is 0 Å². The van der Waals surface area contributed by atoms with Gasteiger partial charge in [-0.05, 0) is 25.7 Å². The number of carbonyl (C=O) groups is 1. The number of amides is 1. The first-order chi connectivity index (χ1) is 6.25. The van der Waals surface area contributed by atoms with E-state index in [-0.39, 0.29) is 12.5 Å². The smallest absolute Gasteiger partial charge is 0.248 e. The van der Waals surface area contributed by atoms with Crippen LogP contribution in [0.2, 0.25) is 0 Å². The number of hydrogen-bond acceptors (Lipinski definition) is 4. The third-order valence-corrected chi connectivity index (χ3v) is 2.14. The zero-order valence-corrected chi connectivity index (χ0v) is 7.50. The molecule has 1 aliphatic carbocycles. The largest absolute Gasteiger partial charge is 0.294 e. The number of nitrogens with one attached hydrogen (secondary N) is 2. The molecule has 1 saturated carbocycles. The third-order valence-electron chi connectivity index (χ3n) is 2.14. The van der Waals surface area contributed by atoms with E-state index < -0.39 is 0 Å². The van der Waals surface area contributed by atoms with Gasteiger partial charge in [-0.1, -0.05) is 0 Å². The van der Waals surface area contributed by atoms with E-state index in [9.17, 15) is 4.79 Å². The first-order valence-corrected chi connectivity index (χ1v) is 4.40. The second-order valence-corrected chi connectivity index (χ2v) is 3.35. The van der Waals surface area contributed by atoms with Crippen LogP contribution in [0, 0.1) is 5.92 Å². The molecule has 2 aliphatic rings. The summed E-state index contributed by atoms with van der Waals surface area (Å²) in [7, 11) is 0. The Morgan fingerprint density at radius 1 is 1.69 bits per heavy atom. The molecule has 0 aromatic carbocycles. The fourth-order valence-electron chi connectivity index (χ4n) is 1.16. The summed E-state index contributed by atoms with van der Waals surface area (Å²) in [5.41, 5.74) is 3.83. The predicted octanol–water partition coefficient (Wildman–Crippen LogP) is -0.152. The first-order valence-electron chi connectivity index (χ1n) is 4.40. The second-order valence-electron chi connectivity index (χ2n) is 3.35. The third kappa shape index (κ3) is 2.05. The van der Waals surface area contributed by atoms with Crippen molar-refractivity contribution in [3.63, 3.8) is 0 Å². The summed E-state index contributed by atoms with van der Waals surface area (Å²) >= 11 is 0. The van der Waals surface area contributed by atoms with Crippen molar-refractivity contribution in [1.29, 1.82) is 0 Å². The van der Waals surface area contributed by atoms with Crippen LogP contribution in [0.3, 0.4) is 0 Å². The summed E-state index contributed by atoms with van der Waals surface area (Å²) in [6.07, 6.45) is 2.46. The maximum absolute atomic E-state index is 10.7. The van der Waals surface area contributed by atoms with Gasteiger partial charge in [0.25, 0.3) is 0 Å². The van der Waals surface area contributed by atoms with Crippen LogP contribution in [0.4, 0.5) is 0 Å². The van der Waals surface area contributed by atoms with Gasteiger partial charge in [0, 0.05) is 5.71 Å². The molecule has 0 bridgehead atoms. The maximum atomic E-state index is 10.7. The summed E-state index contributed by atoms with van der Waals surface area (Å²) < 4.78 is 0. The molecule has 1 amide bonds. The van der Waals surface area contributed by atoms with Gasteiger partial charge < -0.3 is 0 Å². The molecule has 5 heteroatoms. The number of hydrogen-bond donors (Lipinski definition) is 2. The monoisotopic (exact) mass is 180 g/mol. The van der Waals surface area contributed by atoms with Gasteiger partial charge in [-0.15, -0.1) is 0 Å². The van der Waals surface area contributed by atoms with Crippen molar-refractivity contribution in [2.75, 3.05) is 6.54 Å². The SMILES string of the molecule is C/C(=N/NC1=NCC(=O)N1)C1CC1. The van der Waals surface area contributed by atoms with Crippen LogP contribution in [0.15, 0.2) is 10.1 Å². The van der Waals surface area contributed by atoms with Gasteiger partial charge in [-0.3, -0.25) is 10.1 Å². The predicted molar refractivity (Wildman–Crippen MR) is 49.4 cm³/mol. The standard InChI is InChI=1S/C8H12N4O/c1-5(6-2-3-6)11-12-8-9-4-7(13)10-8/h6H,2-4H2,1H3,(H2,9,10,12,13)/b11-5-. The lowest BCUT2D eigenvalue weighted by Gasteiger charge is -2.00. The second kappa shape index (κ2) is 3.16. The molecule has 0 aromatic heterocycles. The Morgan fingerprint density at radius 3 is 3.00 bits per heavy atom. The quantitative estimate of drug-likeness (QED) is 0.458. The number of aliphatic imine (C=N–C) groups is 1. The molecular weight excluding hydrogens is 168 g/mol. The molecule has 0 unspecified atom stereocenters. The number of carbonyl (C=O) groups excluding carboxylic acids is 1. The van der Waals surface area contributed by atoms with Gasteiger partial charge in [0.1, 0.15) is 6.54 Å². The Morgan fingerprint density at radius 2 is 2.46 bits per heavy atom. The van der Waals surface area contributed by atoms with E-state index in [1.54, 1.807) is 0 Å². The molecule has 70 valence electrons. The van der Waals surface area contributed by atoms with Crippen LogP contribution in [-0.2, 0) is 4.79 Å². The lowest BCUT2D eigenvalue weighted by molar-refractivity contribution is -0.117. The highest BCUT2D eigenvalue weighted by Crippen LogP contribution is 2.30. The average molecular weight is 180 g/mol. The topological polar surface area (TPSA) is 65.8 Å². The number of hydrazone groups is 1. The van der Waals surface area contributed by atoms with Crippen LogP contribution in [0.25, 0.3) is 0 Å². The Bertz CT molecular complexity index is 291.